The van der Waals surface area contributed by atoms with Gasteiger partial charge in [-0.1, -0.05) is 23.4 Å². The van der Waals surface area contributed by atoms with E-state index < -0.39 is 5.97 Å². The van der Waals surface area contributed by atoms with Gasteiger partial charge in [0.15, 0.2) is 5.58 Å². The zero-order valence-corrected chi connectivity index (χ0v) is 10.8. The van der Waals surface area contributed by atoms with Crippen molar-refractivity contribution in [1.29, 1.82) is 0 Å². The number of carbonyl (C=O) groups excluding carboxylic acids is 1. The highest BCUT2D eigenvalue weighted by Gasteiger charge is 2.19. The van der Waals surface area contributed by atoms with Crippen LogP contribution in [0.4, 0.5) is 0 Å². The van der Waals surface area contributed by atoms with E-state index in [2.05, 4.69) is 11.7 Å². The molecule has 0 aliphatic carbocycles. The number of para-hydroxylation sites is 1. The van der Waals surface area contributed by atoms with Crippen molar-refractivity contribution in [3.8, 4) is 0 Å². The Balaban J connectivity index is 2.16. The van der Waals surface area contributed by atoms with Gasteiger partial charge in [-0.3, -0.25) is 9.59 Å². The number of carbonyl (C=O) groups is 2. The standard InChI is InChI=1S/C14H14N2O4/c1-2-7-16(9-14(18)19)13(17)8-11-10-5-3-4-6-12(10)20-15-11/h2-6H,1,7-9H2,(H,18,19). The molecule has 0 radical (unpaired) electrons. The van der Waals surface area contributed by atoms with Gasteiger partial charge < -0.3 is 14.5 Å². The number of nitrogens with zero attached hydrogens (tertiary/aromatic N) is 2. The first-order valence-corrected chi connectivity index (χ1v) is 6.05. The predicted octanol–water partition coefficient (Wildman–Crippen LogP) is 1.47. The lowest BCUT2D eigenvalue weighted by Gasteiger charge is -2.18. The van der Waals surface area contributed by atoms with Crippen molar-refractivity contribution < 1.29 is 19.2 Å². The maximum atomic E-state index is 12.1. The van der Waals surface area contributed by atoms with Gasteiger partial charge in [0, 0.05) is 11.9 Å². The summed E-state index contributed by atoms with van der Waals surface area (Å²) in [6, 6.07) is 7.21. The van der Waals surface area contributed by atoms with E-state index in [1.54, 1.807) is 6.07 Å². The summed E-state index contributed by atoms with van der Waals surface area (Å²) in [5.41, 5.74) is 1.11. The molecule has 2 rings (SSSR count). The van der Waals surface area contributed by atoms with Gasteiger partial charge in [-0.05, 0) is 12.1 Å². The maximum absolute atomic E-state index is 12.1. The predicted molar refractivity (Wildman–Crippen MR) is 72.1 cm³/mol. The van der Waals surface area contributed by atoms with Crippen LogP contribution >= 0.6 is 0 Å². The number of aromatic nitrogens is 1. The molecular weight excluding hydrogens is 260 g/mol. The van der Waals surface area contributed by atoms with Gasteiger partial charge >= 0.3 is 5.97 Å². The molecular formula is C14H14N2O4. The molecule has 2 aromatic rings. The van der Waals surface area contributed by atoms with Gasteiger partial charge in [-0.25, -0.2) is 0 Å². The van der Waals surface area contributed by atoms with Gasteiger partial charge in [0.2, 0.25) is 5.91 Å². The van der Waals surface area contributed by atoms with E-state index in [-0.39, 0.29) is 25.4 Å². The van der Waals surface area contributed by atoms with E-state index in [0.29, 0.717) is 11.3 Å². The highest BCUT2D eigenvalue weighted by molar-refractivity contribution is 5.87. The normalized spacial score (nSPS) is 10.4. The molecule has 1 aromatic heterocycles. The number of hydrogen-bond acceptors (Lipinski definition) is 4. The van der Waals surface area contributed by atoms with E-state index in [1.165, 1.54) is 11.0 Å². The van der Waals surface area contributed by atoms with E-state index in [4.69, 9.17) is 9.63 Å². The van der Waals surface area contributed by atoms with Crippen LogP contribution in [0.5, 0.6) is 0 Å². The number of carboxylic acids is 1. The van der Waals surface area contributed by atoms with Gasteiger partial charge in [0.1, 0.15) is 12.2 Å². The van der Waals surface area contributed by atoms with E-state index in [0.717, 1.165) is 5.39 Å². The number of benzene rings is 1. The van der Waals surface area contributed by atoms with E-state index >= 15 is 0 Å². The lowest BCUT2D eigenvalue weighted by atomic mass is 10.1. The topological polar surface area (TPSA) is 83.6 Å². The summed E-state index contributed by atoms with van der Waals surface area (Å²) in [5, 5.41) is 13.4. The molecule has 6 heteroatoms. The van der Waals surface area contributed by atoms with Crippen molar-refractivity contribution in [1.82, 2.24) is 10.1 Å². The third-order valence-corrected chi connectivity index (χ3v) is 2.80. The summed E-state index contributed by atoms with van der Waals surface area (Å²) >= 11 is 0. The molecule has 0 spiro atoms. The Labute approximate surface area is 115 Å². The molecule has 104 valence electrons. The highest BCUT2D eigenvalue weighted by atomic mass is 16.5. The molecule has 0 aliphatic rings. The van der Waals surface area contributed by atoms with Crippen LogP contribution in [0.2, 0.25) is 0 Å². The second kappa shape index (κ2) is 6.01. The molecule has 0 fully saturated rings. The lowest BCUT2D eigenvalue weighted by Crippen LogP contribution is -2.36. The van der Waals surface area contributed by atoms with Crippen LogP contribution in [0.1, 0.15) is 5.69 Å². The molecule has 0 atom stereocenters. The monoisotopic (exact) mass is 274 g/mol. The Morgan fingerprint density at radius 1 is 1.40 bits per heavy atom. The second-order valence-corrected chi connectivity index (χ2v) is 4.26. The van der Waals surface area contributed by atoms with Crippen molar-refractivity contribution in [2.75, 3.05) is 13.1 Å². The average Bonchev–Trinajstić information content (AvgIpc) is 2.81. The zero-order valence-electron chi connectivity index (χ0n) is 10.8. The number of fused-ring (bicyclic) bond motifs is 1. The molecule has 6 nitrogen and oxygen atoms in total. The van der Waals surface area contributed by atoms with Crippen LogP contribution in [0.3, 0.4) is 0 Å². The summed E-state index contributed by atoms with van der Waals surface area (Å²) < 4.78 is 5.11. The summed E-state index contributed by atoms with van der Waals surface area (Å²) in [5.74, 6) is -1.39. The summed E-state index contributed by atoms with van der Waals surface area (Å²) in [6.45, 7) is 3.34. The van der Waals surface area contributed by atoms with Crippen molar-refractivity contribution >= 4 is 22.8 Å². The molecule has 1 heterocycles. The first kappa shape index (κ1) is 13.8. The second-order valence-electron chi connectivity index (χ2n) is 4.26. The largest absolute Gasteiger partial charge is 0.480 e. The molecule has 0 saturated heterocycles. The molecule has 1 aromatic carbocycles. The van der Waals surface area contributed by atoms with Crippen LogP contribution in [-0.4, -0.2) is 40.1 Å². The number of hydrogen-bond donors (Lipinski definition) is 1. The molecule has 0 unspecified atom stereocenters. The zero-order chi connectivity index (χ0) is 14.5. The Morgan fingerprint density at radius 3 is 2.85 bits per heavy atom. The molecule has 0 aliphatic heterocycles. The van der Waals surface area contributed by atoms with E-state index in [1.807, 2.05) is 18.2 Å². The minimum atomic E-state index is -1.06. The number of amides is 1. The Bertz CT molecular complexity index is 647. The van der Waals surface area contributed by atoms with Gasteiger partial charge in [0.05, 0.1) is 6.42 Å². The van der Waals surface area contributed by atoms with E-state index in [9.17, 15) is 9.59 Å². The fourth-order valence-electron chi connectivity index (χ4n) is 1.89. The molecule has 0 bridgehead atoms. The highest BCUT2D eigenvalue weighted by Crippen LogP contribution is 2.18. The maximum Gasteiger partial charge on any atom is 0.323 e. The fourth-order valence-corrected chi connectivity index (χ4v) is 1.89. The third-order valence-electron chi connectivity index (χ3n) is 2.80. The minimum absolute atomic E-state index is 0.00185. The first-order chi connectivity index (χ1) is 9.61. The number of rotatable bonds is 6. The van der Waals surface area contributed by atoms with Crippen molar-refractivity contribution in [3.63, 3.8) is 0 Å². The SMILES string of the molecule is C=CCN(CC(=O)O)C(=O)Cc1noc2ccccc12. The molecule has 0 saturated carbocycles. The van der Waals surface area contributed by atoms with Crippen molar-refractivity contribution in [2.24, 2.45) is 0 Å². The Hall–Kier alpha value is -2.63. The van der Waals surface area contributed by atoms with Crippen LogP contribution in [-0.2, 0) is 16.0 Å². The van der Waals surface area contributed by atoms with Crippen LogP contribution in [0, 0.1) is 0 Å². The third kappa shape index (κ3) is 3.03. The van der Waals surface area contributed by atoms with Crippen LogP contribution in [0.25, 0.3) is 11.0 Å². The summed E-state index contributed by atoms with van der Waals surface area (Å²) in [4.78, 5) is 24.1. The smallest absolute Gasteiger partial charge is 0.323 e. The average molecular weight is 274 g/mol. The number of aliphatic carboxylic acids is 1. The Morgan fingerprint density at radius 2 is 2.15 bits per heavy atom. The molecule has 20 heavy (non-hydrogen) atoms. The Kier molecular flexibility index (Phi) is 4.14. The fraction of sp³-hybridized carbons (Fsp3) is 0.214. The first-order valence-electron chi connectivity index (χ1n) is 6.05. The lowest BCUT2D eigenvalue weighted by molar-refractivity contribution is -0.143. The van der Waals surface area contributed by atoms with Crippen LogP contribution in [0.15, 0.2) is 41.4 Å². The van der Waals surface area contributed by atoms with Gasteiger partial charge in [0.25, 0.3) is 0 Å². The molecule has 1 N–H and O–H groups in total. The number of carboxylic acid groups (broad SMARTS) is 1. The van der Waals surface area contributed by atoms with Gasteiger partial charge in [-0.15, -0.1) is 6.58 Å². The quantitative estimate of drug-likeness (QED) is 0.806. The van der Waals surface area contributed by atoms with Crippen LogP contribution < -0.4 is 0 Å². The summed E-state index contributed by atoms with van der Waals surface area (Å²) in [7, 11) is 0. The van der Waals surface area contributed by atoms with Gasteiger partial charge in [-0.2, -0.15) is 0 Å². The summed E-state index contributed by atoms with van der Waals surface area (Å²) in [6.07, 6.45) is 1.49. The minimum Gasteiger partial charge on any atom is -0.480 e. The molecule has 1 amide bonds. The van der Waals surface area contributed by atoms with Crippen molar-refractivity contribution in [2.45, 2.75) is 6.42 Å². The van der Waals surface area contributed by atoms with Crippen molar-refractivity contribution in [3.05, 3.63) is 42.6 Å².